The van der Waals surface area contributed by atoms with Crippen LogP contribution in [-0.4, -0.2) is 56.0 Å². The number of aromatic nitrogens is 4. The van der Waals surface area contributed by atoms with Crippen molar-refractivity contribution in [3.05, 3.63) is 46.1 Å². The Morgan fingerprint density at radius 3 is 2.77 bits per heavy atom. The summed E-state index contributed by atoms with van der Waals surface area (Å²) in [6.45, 7) is 9.24. The van der Waals surface area contributed by atoms with Gasteiger partial charge in [-0.15, -0.1) is 0 Å². The van der Waals surface area contributed by atoms with E-state index in [1.807, 2.05) is 6.20 Å². The molecule has 0 amide bonds. The molecule has 3 aromatic rings. The molecule has 35 heavy (non-hydrogen) atoms. The molecule has 2 aliphatic rings. The lowest BCUT2D eigenvalue weighted by Crippen LogP contribution is -2.59. The van der Waals surface area contributed by atoms with Gasteiger partial charge in [-0.3, -0.25) is 19.4 Å². The molecule has 0 aliphatic carbocycles. The Balaban J connectivity index is 1.49. The van der Waals surface area contributed by atoms with Crippen molar-refractivity contribution in [1.29, 1.82) is 5.26 Å². The molecule has 1 saturated heterocycles. The first kappa shape index (κ1) is 23.4. The molecule has 0 radical (unpaired) electrons. The molecule has 9 heteroatoms. The first-order valence-electron chi connectivity index (χ1n) is 12.5. The van der Waals surface area contributed by atoms with E-state index in [4.69, 9.17) is 20.1 Å². The summed E-state index contributed by atoms with van der Waals surface area (Å²) < 4.78 is 8.88. The lowest BCUT2D eigenvalue weighted by molar-refractivity contribution is 0.0991. The highest BCUT2D eigenvalue weighted by atomic mass is 16.5. The van der Waals surface area contributed by atoms with Crippen molar-refractivity contribution >= 4 is 16.7 Å². The van der Waals surface area contributed by atoms with Crippen LogP contribution in [0.2, 0.25) is 0 Å². The molecule has 5 rings (SSSR count). The second-order valence-corrected chi connectivity index (χ2v) is 9.61. The monoisotopic (exact) mass is 475 g/mol. The van der Waals surface area contributed by atoms with Gasteiger partial charge < -0.3 is 14.2 Å². The molecule has 0 aromatic carbocycles. The van der Waals surface area contributed by atoms with Gasteiger partial charge in [0.2, 0.25) is 0 Å². The summed E-state index contributed by atoms with van der Waals surface area (Å²) in [7, 11) is 1.76. The van der Waals surface area contributed by atoms with Crippen molar-refractivity contribution in [2.45, 2.75) is 64.7 Å². The summed E-state index contributed by atoms with van der Waals surface area (Å²) in [5.74, 6) is 0.912. The molecule has 1 fully saturated rings. The molecule has 0 N–H and O–H groups in total. The third kappa shape index (κ3) is 4.06. The van der Waals surface area contributed by atoms with E-state index in [-0.39, 0.29) is 24.2 Å². The number of ether oxygens (including phenoxy) is 1. The highest BCUT2D eigenvalue weighted by Gasteiger charge is 2.37. The Morgan fingerprint density at radius 1 is 1.23 bits per heavy atom. The van der Waals surface area contributed by atoms with Gasteiger partial charge in [0.05, 0.1) is 42.0 Å². The smallest absolute Gasteiger partial charge is 0.252 e. The average molecular weight is 476 g/mol. The normalized spacial score (nSPS) is 21.1. The van der Waals surface area contributed by atoms with Crippen molar-refractivity contribution in [2.24, 2.45) is 7.05 Å². The van der Waals surface area contributed by atoms with E-state index in [2.05, 4.69) is 42.7 Å². The van der Waals surface area contributed by atoms with Gasteiger partial charge in [-0.1, -0.05) is 13.8 Å². The SMILES string of the molecule is CC[C@H]1CN(C(C)c2cc3c(cn2)OCC3)[C@H](CC)CN1c1cc(=O)n(C)c2cn(CC#N)nc12. The van der Waals surface area contributed by atoms with Crippen LogP contribution in [-0.2, 0) is 20.0 Å². The zero-order valence-corrected chi connectivity index (χ0v) is 20.9. The maximum atomic E-state index is 12.9. The molecule has 3 aromatic heterocycles. The zero-order valence-electron chi connectivity index (χ0n) is 20.9. The third-order valence-electron chi connectivity index (χ3n) is 7.68. The van der Waals surface area contributed by atoms with E-state index in [1.54, 1.807) is 28.6 Å². The summed E-state index contributed by atoms with van der Waals surface area (Å²) in [6, 6.07) is 6.78. The fourth-order valence-electron chi connectivity index (χ4n) is 5.56. The number of aryl methyl sites for hydroxylation is 1. The Bertz CT molecular complexity index is 1340. The number of nitrogens with zero attached hydrogens (tertiary/aromatic N) is 7. The molecular formula is C26H33N7O2. The second-order valence-electron chi connectivity index (χ2n) is 9.61. The predicted molar refractivity (Wildman–Crippen MR) is 135 cm³/mol. The lowest BCUT2D eigenvalue weighted by Gasteiger charge is -2.49. The van der Waals surface area contributed by atoms with Gasteiger partial charge in [-0.05, 0) is 25.8 Å². The van der Waals surface area contributed by atoms with E-state index in [9.17, 15) is 4.79 Å². The van der Waals surface area contributed by atoms with Crippen LogP contribution in [0.4, 0.5) is 5.69 Å². The van der Waals surface area contributed by atoms with Crippen LogP contribution >= 0.6 is 0 Å². The lowest BCUT2D eigenvalue weighted by atomic mass is 9.97. The Morgan fingerprint density at radius 2 is 2.03 bits per heavy atom. The van der Waals surface area contributed by atoms with E-state index in [0.717, 1.165) is 67.1 Å². The first-order valence-corrected chi connectivity index (χ1v) is 12.5. The van der Waals surface area contributed by atoms with Crippen molar-refractivity contribution < 1.29 is 4.74 Å². The van der Waals surface area contributed by atoms with E-state index >= 15 is 0 Å². The summed E-state index contributed by atoms with van der Waals surface area (Å²) in [6.07, 6.45) is 6.54. The highest BCUT2D eigenvalue weighted by molar-refractivity contribution is 5.88. The maximum absolute atomic E-state index is 12.9. The number of pyridine rings is 2. The minimum atomic E-state index is -0.0627. The molecule has 0 saturated carbocycles. The summed E-state index contributed by atoms with van der Waals surface area (Å²) in [4.78, 5) is 22.5. The molecular weight excluding hydrogens is 442 g/mol. The van der Waals surface area contributed by atoms with Gasteiger partial charge >= 0.3 is 0 Å². The number of fused-ring (bicyclic) bond motifs is 2. The second kappa shape index (κ2) is 9.34. The first-order chi connectivity index (χ1) is 16.9. The molecule has 184 valence electrons. The van der Waals surface area contributed by atoms with Crippen LogP contribution in [0, 0.1) is 11.3 Å². The molecule has 5 heterocycles. The number of rotatable bonds is 6. The van der Waals surface area contributed by atoms with Gasteiger partial charge in [0, 0.05) is 56.3 Å². The highest BCUT2D eigenvalue weighted by Crippen LogP contribution is 2.35. The number of piperazine rings is 1. The number of hydrogen-bond acceptors (Lipinski definition) is 7. The van der Waals surface area contributed by atoms with Crippen LogP contribution in [0.15, 0.2) is 29.3 Å². The van der Waals surface area contributed by atoms with Crippen molar-refractivity contribution in [1.82, 2.24) is 24.2 Å². The van der Waals surface area contributed by atoms with Crippen LogP contribution < -0.4 is 15.2 Å². The maximum Gasteiger partial charge on any atom is 0.252 e. The molecule has 0 spiro atoms. The molecule has 1 unspecified atom stereocenters. The van der Waals surface area contributed by atoms with Crippen LogP contribution in [0.5, 0.6) is 5.75 Å². The average Bonchev–Trinajstić information content (AvgIpc) is 3.52. The van der Waals surface area contributed by atoms with Crippen molar-refractivity contribution in [3.8, 4) is 11.8 Å². The van der Waals surface area contributed by atoms with Gasteiger partial charge in [0.1, 0.15) is 17.8 Å². The zero-order chi connectivity index (χ0) is 24.7. The number of anilines is 1. The standard InChI is InChI=1S/C26H33N7O2/c1-5-19-15-33(22-12-25(34)30(4)23-16-31(9-8-27)29-26(22)23)20(6-2)14-32(19)17(3)21-11-18-7-10-35-24(18)13-28-21/h11-13,16-17,19-20H,5-7,9-10,14-15H2,1-4H3/t17?,19-,20+/m1/s1. The van der Waals surface area contributed by atoms with Crippen molar-refractivity contribution in [3.63, 3.8) is 0 Å². The van der Waals surface area contributed by atoms with E-state index in [1.165, 1.54) is 5.56 Å². The molecule has 0 bridgehead atoms. The fourth-order valence-corrected chi connectivity index (χ4v) is 5.56. The molecule has 3 atom stereocenters. The summed E-state index contributed by atoms with van der Waals surface area (Å²) >= 11 is 0. The van der Waals surface area contributed by atoms with Gasteiger partial charge in [0.25, 0.3) is 5.56 Å². The van der Waals surface area contributed by atoms with E-state index < -0.39 is 0 Å². The van der Waals surface area contributed by atoms with Crippen LogP contribution in [0.25, 0.3) is 11.0 Å². The Hall–Kier alpha value is -3.38. The van der Waals surface area contributed by atoms with Crippen LogP contribution in [0.3, 0.4) is 0 Å². The van der Waals surface area contributed by atoms with Crippen LogP contribution in [0.1, 0.15) is 50.9 Å². The fraction of sp³-hybridized carbons (Fsp3) is 0.538. The van der Waals surface area contributed by atoms with Crippen molar-refractivity contribution in [2.75, 3.05) is 24.6 Å². The quantitative estimate of drug-likeness (QED) is 0.541. The van der Waals surface area contributed by atoms with Gasteiger partial charge in [-0.2, -0.15) is 10.4 Å². The van der Waals surface area contributed by atoms with Gasteiger partial charge in [0.15, 0.2) is 0 Å². The number of nitriles is 1. The molecule has 9 nitrogen and oxygen atoms in total. The summed E-state index contributed by atoms with van der Waals surface area (Å²) in [5, 5.41) is 13.8. The van der Waals surface area contributed by atoms with E-state index in [0.29, 0.717) is 6.04 Å². The minimum absolute atomic E-state index is 0.0627. The third-order valence-corrected chi connectivity index (χ3v) is 7.68. The topological polar surface area (TPSA) is 92.2 Å². The number of hydrogen-bond donors (Lipinski definition) is 0. The Kier molecular flexibility index (Phi) is 6.24. The van der Waals surface area contributed by atoms with Gasteiger partial charge in [-0.25, -0.2) is 0 Å². The molecule has 2 aliphatic heterocycles. The minimum Gasteiger partial charge on any atom is -0.491 e. The Labute approximate surface area is 205 Å². The largest absolute Gasteiger partial charge is 0.491 e. The summed E-state index contributed by atoms with van der Waals surface area (Å²) in [5.41, 5.74) is 4.67. The predicted octanol–water partition coefficient (Wildman–Crippen LogP) is 3.03.